The number of benzene rings is 1. The summed E-state index contributed by atoms with van der Waals surface area (Å²) in [6.45, 7) is 6.15. The van der Waals surface area contributed by atoms with Gasteiger partial charge in [0.2, 0.25) is 5.91 Å². The van der Waals surface area contributed by atoms with Crippen molar-refractivity contribution >= 4 is 17.6 Å². The van der Waals surface area contributed by atoms with E-state index in [1.807, 2.05) is 15.6 Å². The minimum absolute atomic E-state index is 0.0789. The van der Waals surface area contributed by atoms with Crippen LogP contribution >= 0.6 is 0 Å². The van der Waals surface area contributed by atoms with Crippen LogP contribution in [0.1, 0.15) is 72.6 Å². The van der Waals surface area contributed by atoms with Crippen LogP contribution in [0.15, 0.2) is 36.8 Å². The average Bonchev–Trinajstić information content (AvgIpc) is 3.56. The van der Waals surface area contributed by atoms with Crippen molar-refractivity contribution in [1.29, 1.82) is 0 Å². The Kier molecular flexibility index (Phi) is 10.4. The Morgan fingerprint density at radius 2 is 1.98 bits per heavy atom. The van der Waals surface area contributed by atoms with Crippen molar-refractivity contribution in [2.75, 3.05) is 44.6 Å². The molecule has 0 bridgehead atoms. The van der Waals surface area contributed by atoms with E-state index in [9.17, 15) is 14.7 Å². The number of anilines is 1. The minimum Gasteiger partial charge on any atom is -0.487 e. The van der Waals surface area contributed by atoms with E-state index < -0.39 is 6.10 Å². The molecule has 6 rings (SSSR count). The second kappa shape index (κ2) is 15.0. The van der Waals surface area contributed by atoms with Crippen LogP contribution < -0.4 is 15.4 Å². The Balaban J connectivity index is 0.937. The van der Waals surface area contributed by atoms with E-state index in [1.165, 1.54) is 17.5 Å². The Bertz CT molecular complexity index is 1490. The minimum atomic E-state index is -0.731. The molecule has 14 nitrogen and oxygen atoms in total. The molecule has 2 aromatic heterocycles. The van der Waals surface area contributed by atoms with E-state index in [0.717, 1.165) is 63.1 Å². The number of nitrogens with one attached hydrogen (secondary N) is 2. The fourth-order valence-electron chi connectivity index (χ4n) is 6.29. The number of carbonyl (C=O) groups is 2. The van der Waals surface area contributed by atoms with Gasteiger partial charge in [0, 0.05) is 64.9 Å². The average molecular weight is 634 g/mol. The quantitative estimate of drug-likeness (QED) is 0.283. The lowest BCUT2D eigenvalue weighted by molar-refractivity contribution is -0.129. The molecule has 46 heavy (non-hydrogen) atoms. The van der Waals surface area contributed by atoms with Crippen LogP contribution in [0.2, 0.25) is 0 Å². The zero-order valence-corrected chi connectivity index (χ0v) is 26.3. The fraction of sp³-hybridized carbons (Fsp3) is 0.562. The maximum absolute atomic E-state index is 12.8. The molecule has 0 saturated carbocycles. The Morgan fingerprint density at radius 1 is 1.11 bits per heavy atom. The molecule has 3 aliphatic rings. The Labute approximate surface area is 268 Å². The molecule has 0 spiro atoms. The van der Waals surface area contributed by atoms with Crippen LogP contribution in [0.5, 0.6) is 5.75 Å². The van der Waals surface area contributed by atoms with Crippen LogP contribution in [-0.2, 0) is 29.1 Å². The van der Waals surface area contributed by atoms with Gasteiger partial charge in [-0.05, 0) is 61.8 Å². The van der Waals surface area contributed by atoms with Crippen LogP contribution in [-0.4, -0.2) is 103 Å². The summed E-state index contributed by atoms with van der Waals surface area (Å²) >= 11 is 0. The van der Waals surface area contributed by atoms with Gasteiger partial charge in [0.25, 0.3) is 5.91 Å². The second-order valence-electron chi connectivity index (χ2n) is 12.3. The van der Waals surface area contributed by atoms with Gasteiger partial charge in [0.1, 0.15) is 30.2 Å². The van der Waals surface area contributed by atoms with Gasteiger partial charge in [0.15, 0.2) is 6.23 Å². The lowest BCUT2D eigenvalue weighted by Gasteiger charge is -2.31. The number of hydrogen-bond acceptors (Lipinski definition) is 11. The number of β-amino-alcohol motifs (C(OH)–C–C–N with tert-alkyl or cyclic N) is 1. The molecule has 5 heterocycles. The Hall–Kier alpha value is -4.14. The number of nitrogens with zero attached hydrogens (tertiary/aromatic N) is 7. The van der Waals surface area contributed by atoms with Gasteiger partial charge in [-0.2, -0.15) is 0 Å². The van der Waals surface area contributed by atoms with E-state index in [0.29, 0.717) is 38.6 Å². The van der Waals surface area contributed by atoms with Gasteiger partial charge in [-0.15, -0.1) is 5.10 Å². The molecule has 2 unspecified atom stereocenters. The summed E-state index contributed by atoms with van der Waals surface area (Å²) in [6, 6.07) is 7.94. The summed E-state index contributed by atoms with van der Waals surface area (Å²) in [4.78, 5) is 36.8. The monoisotopic (exact) mass is 633 g/mol. The molecule has 0 radical (unpaired) electrons. The third-order valence-electron chi connectivity index (χ3n) is 8.89. The Morgan fingerprint density at radius 3 is 2.78 bits per heavy atom. The second-order valence-corrected chi connectivity index (χ2v) is 12.3. The highest BCUT2D eigenvalue weighted by molar-refractivity contribution is 5.92. The maximum Gasteiger partial charge on any atom is 0.270 e. The number of aliphatic hydroxyl groups is 1. The van der Waals surface area contributed by atoms with Crippen LogP contribution in [0.25, 0.3) is 0 Å². The standard InChI is InChI=1S/C32H43N9O5/c1-22(42)40-11-8-25(9-12-40)37-30-15-29(34-21-35-30)32(44)33-17-27(43)19-39-10-7-23-14-28(6-5-24(23)18-39)46-20-26-16-36-38-41(26)31-4-2-3-13-45-31/h5-6,14-16,21,25,27,31,43H,2-4,7-13,17-20H2,1H3,(H,33,44)(H,34,35,37). The molecule has 246 valence electrons. The number of rotatable bonds is 11. The van der Waals surface area contributed by atoms with Crippen molar-refractivity contribution in [3.05, 3.63) is 59.3 Å². The smallest absolute Gasteiger partial charge is 0.270 e. The van der Waals surface area contributed by atoms with Gasteiger partial charge < -0.3 is 30.1 Å². The van der Waals surface area contributed by atoms with Crippen molar-refractivity contribution in [3.63, 3.8) is 0 Å². The van der Waals surface area contributed by atoms with Gasteiger partial charge in [-0.25, -0.2) is 14.6 Å². The molecule has 2 amide bonds. The molecule has 2 atom stereocenters. The van der Waals surface area contributed by atoms with E-state index in [1.54, 1.807) is 19.2 Å². The number of fused-ring (bicyclic) bond motifs is 1. The van der Waals surface area contributed by atoms with E-state index in [2.05, 4.69) is 47.9 Å². The first-order chi connectivity index (χ1) is 22.4. The molecule has 3 aromatic rings. The molecule has 0 aliphatic carbocycles. The first-order valence-electron chi connectivity index (χ1n) is 16.2. The van der Waals surface area contributed by atoms with Gasteiger partial charge in [-0.1, -0.05) is 11.3 Å². The maximum atomic E-state index is 12.8. The van der Waals surface area contributed by atoms with Gasteiger partial charge in [0.05, 0.1) is 18.0 Å². The summed E-state index contributed by atoms with van der Waals surface area (Å²) < 4.78 is 13.8. The number of ether oxygens (including phenoxy) is 2. The highest BCUT2D eigenvalue weighted by Gasteiger charge is 2.23. The molecule has 3 N–H and O–H groups in total. The van der Waals surface area contributed by atoms with Crippen molar-refractivity contribution in [2.24, 2.45) is 0 Å². The molecule has 2 saturated heterocycles. The number of amides is 2. The molecular weight excluding hydrogens is 590 g/mol. The third-order valence-corrected chi connectivity index (χ3v) is 8.89. The van der Waals surface area contributed by atoms with Crippen molar-refractivity contribution < 1.29 is 24.2 Å². The molecule has 2 fully saturated rings. The number of likely N-dealkylation sites (tertiary alicyclic amines) is 1. The van der Waals surface area contributed by atoms with Crippen LogP contribution in [0.3, 0.4) is 0 Å². The van der Waals surface area contributed by atoms with E-state index in [4.69, 9.17) is 9.47 Å². The zero-order chi connectivity index (χ0) is 31.9. The summed E-state index contributed by atoms with van der Waals surface area (Å²) in [5.41, 5.74) is 3.55. The van der Waals surface area contributed by atoms with Crippen LogP contribution in [0, 0.1) is 0 Å². The first-order valence-corrected chi connectivity index (χ1v) is 16.2. The molecule has 14 heteroatoms. The predicted molar refractivity (Wildman–Crippen MR) is 168 cm³/mol. The number of aliphatic hydroxyl groups excluding tert-OH is 1. The summed E-state index contributed by atoms with van der Waals surface area (Å²) in [7, 11) is 0. The van der Waals surface area contributed by atoms with E-state index in [-0.39, 0.29) is 36.3 Å². The number of aromatic nitrogens is 5. The third kappa shape index (κ3) is 8.17. The lowest BCUT2D eigenvalue weighted by Crippen LogP contribution is -2.42. The number of hydrogen-bond donors (Lipinski definition) is 3. The van der Waals surface area contributed by atoms with Gasteiger partial charge >= 0.3 is 0 Å². The molecule has 1 aromatic carbocycles. The van der Waals surface area contributed by atoms with Crippen LogP contribution in [0.4, 0.5) is 5.82 Å². The SMILES string of the molecule is CC(=O)N1CCC(Nc2cc(C(=O)NCC(O)CN3CCc4cc(OCc5cnnn5C5CCCCO5)ccc4C3)ncn2)CC1. The molecular formula is C32H43N9O5. The fourth-order valence-corrected chi connectivity index (χ4v) is 6.29. The zero-order valence-electron chi connectivity index (χ0n) is 26.3. The van der Waals surface area contributed by atoms with Crippen molar-refractivity contribution in [1.82, 2.24) is 40.1 Å². The van der Waals surface area contributed by atoms with Crippen molar-refractivity contribution in [2.45, 2.75) is 77.0 Å². The molecule has 3 aliphatic heterocycles. The first kappa shape index (κ1) is 31.8. The largest absolute Gasteiger partial charge is 0.487 e. The van der Waals surface area contributed by atoms with Crippen molar-refractivity contribution in [3.8, 4) is 5.75 Å². The van der Waals surface area contributed by atoms with E-state index >= 15 is 0 Å². The highest BCUT2D eigenvalue weighted by atomic mass is 16.5. The predicted octanol–water partition coefficient (Wildman–Crippen LogP) is 1.92. The number of piperidine rings is 1. The topological polar surface area (TPSA) is 160 Å². The summed E-state index contributed by atoms with van der Waals surface area (Å²) in [5.74, 6) is 1.10. The summed E-state index contributed by atoms with van der Waals surface area (Å²) in [6.07, 6.45) is 7.87. The number of carbonyl (C=O) groups excluding carboxylic acids is 2. The lowest BCUT2D eigenvalue weighted by atomic mass is 9.99. The van der Waals surface area contributed by atoms with Gasteiger partial charge in [-0.3, -0.25) is 14.5 Å². The normalized spacial score (nSPS) is 19.7. The summed E-state index contributed by atoms with van der Waals surface area (Å²) in [5, 5.41) is 25.2. The highest BCUT2D eigenvalue weighted by Crippen LogP contribution is 2.26.